The fourth-order valence-corrected chi connectivity index (χ4v) is 0.922. The number of thiazole rings is 1. The van der Waals surface area contributed by atoms with Crippen molar-refractivity contribution in [3.63, 3.8) is 0 Å². The predicted molar refractivity (Wildman–Crippen MR) is 42.6 cm³/mol. The molecule has 0 bridgehead atoms. The Balaban J connectivity index is 0.000000810. The van der Waals surface area contributed by atoms with Crippen molar-refractivity contribution in [3.05, 3.63) is 11.6 Å². The zero-order chi connectivity index (χ0) is 6.69. The molecule has 0 spiro atoms. The second-order valence-corrected chi connectivity index (χ2v) is 2.22. The molecule has 6 heteroatoms. The van der Waals surface area contributed by atoms with Crippen molar-refractivity contribution in [3.8, 4) is 0 Å². The van der Waals surface area contributed by atoms with Gasteiger partial charge >= 0.3 is 6.03 Å². The summed E-state index contributed by atoms with van der Waals surface area (Å²) in [5.74, 6) is 0. The number of aromatic nitrogens is 1. The smallest absolute Gasteiger partial charge is 0.318 e. The van der Waals surface area contributed by atoms with Gasteiger partial charge in [0.1, 0.15) is 0 Å². The van der Waals surface area contributed by atoms with Gasteiger partial charge in [-0.15, -0.1) is 23.7 Å². The minimum atomic E-state index is -0.579. The van der Waals surface area contributed by atoms with E-state index < -0.39 is 6.03 Å². The van der Waals surface area contributed by atoms with Gasteiger partial charge in [0.25, 0.3) is 0 Å². The Morgan fingerprint density at radius 1 is 1.80 bits per heavy atom. The van der Waals surface area contributed by atoms with Crippen molar-refractivity contribution >= 4 is 34.9 Å². The molecule has 10 heavy (non-hydrogen) atoms. The second-order valence-electron chi connectivity index (χ2n) is 1.33. The Kier molecular flexibility index (Phi) is 3.75. The number of hydrogen-bond donors (Lipinski definition) is 2. The maximum atomic E-state index is 10.1. The lowest BCUT2D eigenvalue weighted by Crippen LogP contribution is -2.18. The number of amides is 2. The molecule has 4 nitrogen and oxygen atoms in total. The molecule has 1 aromatic rings. The Bertz CT molecular complexity index is 200. The van der Waals surface area contributed by atoms with Gasteiger partial charge in [-0.25, -0.2) is 9.78 Å². The summed E-state index contributed by atoms with van der Waals surface area (Å²) in [6.45, 7) is 0. The third-order valence-corrected chi connectivity index (χ3v) is 1.35. The lowest BCUT2D eigenvalue weighted by Gasteiger charge is -1.90. The minimum Gasteiger partial charge on any atom is -0.351 e. The van der Waals surface area contributed by atoms with Gasteiger partial charge < -0.3 is 5.73 Å². The lowest BCUT2D eigenvalue weighted by atomic mass is 10.9. The van der Waals surface area contributed by atoms with Crippen molar-refractivity contribution in [2.24, 2.45) is 5.73 Å². The van der Waals surface area contributed by atoms with Gasteiger partial charge in [-0.05, 0) is 0 Å². The van der Waals surface area contributed by atoms with Crippen LogP contribution < -0.4 is 11.1 Å². The van der Waals surface area contributed by atoms with Gasteiger partial charge in [-0.3, -0.25) is 5.32 Å². The van der Waals surface area contributed by atoms with Crippen molar-refractivity contribution in [1.29, 1.82) is 0 Å². The van der Waals surface area contributed by atoms with Crippen molar-refractivity contribution < 1.29 is 4.79 Å². The summed E-state index contributed by atoms with van der Waals surface area (Å²) in [7, 11) is 0. The van der Waals surface area contributed by atoms with Crippen molar-refractivity contribution in [1.82, 2.24) is 4.98 Å². The van der Waals surface area contributed by atoms with Gasteiger partial charge in [0.05, 0.1) is 0 Å². The Morgan fingerprint density at radius 2 is 2.50 bits per heavy atom. The predicted octanol–water partition coefficient (Wildman–Crippen LogP) is 1.06. The first kappa shape index (κ1) is 9.19. The van der Waals surface area contributed by atoms with E-state index in [-0.39, 0.29) is 12.4 Å². The zero-order valence-corrected chi connectivity index (χ0v) is 6.54. The summed E-state index contributed by atoms with van der Waals surface area (Å²) >= 11 is 1.33. The van der Waals surface area contributed by atoms with Crippen LogP contribution in [0.5, 0.6) is 0 Å². The number of rotatable bonds is 1. The normalized spacial score (nSPS) is 8.00. The number of nitrogens with two attached hydrogens (primary N) is 1. The highest BCUT2D eigenvalue weighted by atomic mass is 35.5. The third kappa shape index (κ3) is 2.65. The molecule has 1 heterocycles. The molecule has 0 aromatic carbocycles. The lowest BCUT2D eigenvalue weighted by molar-refractivity contribution is 0.259. The number of anilines is 1. The Morgan fingerprint density at radius 3 is 2.90 bits per heavy atom. The fraction of sp³-hybridized carbons (Fsp3) is 0. The third-order valence-electron chi connectivity index (χ3n) is 0.662. The zero-order valence-electron chi connectivity index (χ0n) is 4.90. The van der Waals surface area contributed by atoms with Gasteiger partial charge in [-0.1, -0.05) is 0 Å². The standard InChI is InChI=1S/C4H5N3OS.ClH/c5-3(8)7-4-6-1-2-9-4;/h1-2H,(H3,5,6,7,8);1H. The van der Waals surface area contributed by atoms with Gasteiger partial charge in [0.2, 0.25) is 0 Å². The molecule has 0 fully saturated rings. The summed E-state index contributed by atoms with van der Waals surface area (Å²) < 4.78 is 0. The van der Waals surface area contributed by atoms with Crippen LogP contribution in [0.15, 0.2) is 11.6 Å². The van der Waals surface area contributed by atoms with Crippen LogP contribution in [-0.2, 0) is 0 Å². The van der Waals surface area contributed by atoms with Crippen LogP contribution in [0.4, 0.5) is 9.93 Å². The number of carbonyl (C=O) groups excluding carboxylic acids is 1. The highest BCUT2D eigenvalue weighted by molar-refractivity contribution is 7.13. The SMILES string of the molecule is Cl.NC(=O)Nc1nccs1. The molecule has 0 saturated carbocycles. The summed E-state index contributed by atoms with van der Waals surface area (Å²) in [4.78, 5) is 13.9. The van der Waals surface area contributed by atoms with E-state index in [1.165, 1.54) is 11.3 Å². The van der Waals surface area contributed by atoms with E-state index in [4.69, 9.17) is 5.73 Å². The summed E-state index contributed by atoms with van der Waals surface area (Å²) in [6, 6.07) is -0.579. The maximum Gasteiger partial charge on any atom is 0.318 e. The molecule has 2 amide bonds. The molecule has 0 aliphatic heterocycles. The number of nitrogens with one attached hydrogen (secondary N) is 1. The molecule has 0 aliphatic carbocycles. The van der Waals surface area contributed by atoms with Crippen molar-refractivity contribution in [2.75, 3.05) is 5.32 Å². The van der Waals surface area contributed by atoms with Gasteiger partial charge in [0, 0.05) is 11.6 Å². The van der Waals surface area contributed by atoms with E-state index in [1.54, 1.807) is 11.6 Å². The molecule has 0 unspecified atom stereocenters. The summed E-state index contributed by atoms with van der Waals surface area (Å²) in [5.41, 5.74) is 4.80. The van der Waals surface area contributed by atoms with Crippen LogP contribution in [0, 0.1) is 0 Å². The number of nitrogens with zero attached hydrogens (tertiary/aromatic N) is 1. The molecular weight excluding hydrogens is 174 g/mol. The molecule has 1 rings (SSSR count). The number of hydrogen-bond acceptors (Lipinski definition) is 3. The molecule has 1 aromatic heterocycles. The highest BCUT2D eigenvalue weighted by Gasteiger charge is 1.94. The highest BCUT2D eigenvalue weighted by Crippen LogP contribution is 2.08. The largest absolute Gasteiger partial charge is 0.351 e. The molecule has 0 saturated heterocycles. The minimum absolute atomic E-state index is 0. The van der Waals surface area contributed by atoms with E-state index >= 15 is 0 Å². The van der Waals surface area contributed by atoms with Crippen LogP contribution in [0.25, 0.3) is 0 Å². The number of urea groups is 1. The van der Waals surface area contributed by atoms with Crippen LogP contribution in [0.3, 0.4) is 0 Å². The van der Waals surface area contributed by atoms with Crippen LogP contribution in [-0.4, -0.2) is 11.0 Å². The van der Waals surface area contributed by atoms with Crippen LogP contribution in [0.1, 0.15) is 0 Å². The van der Waals surface area contributed by atoms with Crippen molar-refractivity contribution in [2.45, 2.75) is 0 Å². The molecule has 3 N–H and O–H groups in total. The quantitative estimate of drug-likeness (QED) is 0.677. The second kappa shape index (κ2) is 4.08. The Labute approximate surface area is 67.9 Å². The van der Waals surface area contributed by atoms with Crippen LogP contribution >= 0.6 is 23.7 Å². The first-order valence-electron chi connectivity index (χ1n) is 2.25. The molecule has 0 atom stereocenters. The number of primary amides is 1. The van der Waals surface area contributed by atoms with Gasteiger partial charge in [-0.2, -0.15) is 0 Å². The maximum absolute atomic E-state index is 10.1. The molecule has 0 aliphatic rings. The summed E-state index contributed by atoms with van der Waals surface area (Å²) in [5, 5.41) is 4.62. The first-order valence-corrected chi connectivity index (χ1v) is 3.13. The number of carbonyl (C=O) groups is 1. The Hall–Kier alpha value is -0.810. The van der Waals surface area contributed by atoms with E-state index in [0.717, 1.165) is 0 Å². The van der Waals surface area contributed by atoms with E-state index in [0.29, 0.717) is 5.13 Å². The van der Waals surface area contributed by atoms with Gasteiger partial charge in [0.15, 0.2) is 5.13 Å². The van der Waals surface area contributed by atoms with E-state index in [1.807, 2.05) is 0 Å². The fourth-order valence-electron chi connectivity index (χ4n) is 0.391. The van der Waals surface area contributed by atoms with Crippen LogP contribution in [0.2, 0.25) is 0 Å². The molecular formula is C4H6ClN3OS. The van der Waals surface area contributed by atoms with E-state index in [9.17, 15) is 4.79 Å². The molecule has 56 valence electrons. The first-order chi connectivity index (χ1) is 4.29. The molecule has 0 radical (unpaired) electrons. The van der Waals surface area contributed by atoms with E-state index in [2.05, 4.69) is 10.3 Å². The average molecular weight is 180 g/mol. The number of halogens is 1. The average Bonchev–Trinajstić information content (AvgIpc) is 2.15. The topological polar surface area (TPSA) is 68.0 Å². The summed E-state index contributed by atoms with van der Waals surface area (Å²) in [6.07, 6.45) is 1.59. The monoisotopic (exact) mass is 179 g/mol.